The van der Waals surface area contributed by atoms with Crippen LogP contribution in [0, 0.1) is 0 Å². The first-order valence-electron chi connectivity index (χ1n) is 7.07. The van der Waals surface area contributed by atoms with Gasteiger partial charge in [0, 0.05) is 18.5 Å². The second-order valence-electron chi connectivity index (χ2n) is 4.71. The summed E-state index contributed by atoms with van der Waals surface area (Å²) < 4.78 is 12.1. The predicted octanol–water partition coefficient (Wildman–Crippen LogP) is 1.93. The quantitative estimate of drug-likeness (QED) is 0.771. The molecular weight excluding hydrogens is 310 g/mol. The van der Waals surface area contributed by atoms with Gasteiger partial charge in [-0.15, -0.1) is 0 Å². The molecule has 0 unspecified atom stereocenters. The van der Waals surface area contributed by atoms with E-state index >= 15 is 0 Å². The number of para-hydroxylation sites is 1. The molecule has 0 radical (unpaired) electrons. The molecule has 0 aliphatic heterocycles. The van der Waals surface area contributed by atoms with Crippen LogP contribution in [0.2, 0.25) is 0 Å². The third kappa shape index (κ3) is 3.02. The van der Waals surface area contributed by atoms with Gasteiger partial charge < -0.3 is 14.8 Å². The summed E-state index contributed by atoms with van der Waals surface area (Å²) >= 11 is 0. The lowest BCUT2D eigenvalue weighted by molar-refractivity contribution is 0.102. The average Bonchev–Trinajstić information content (AvgIpc) is 3.15. The summed E-state index contributed by atoms with van der Waals surface area (Å²) in [6.07, 6.45) is 4.75. The molecule has 0 spiro atoms. The summed E-state index contributed by atoms with van der Waals surface area (Å²) in [6.45, 7) is 0. The Labute approximate surface area is 138 Å². The van der Waals surface area contributed by atoms with Crippen molar-refractivity contribution in [2.24, 2.45) is 0 Å². The number of ether oxygens (including phenoxy) is 2. The molecule has 2 aromatic heterocycles. The fourth-order valence-corrected chi connectivity index (χ4v) is 2.19. The van der Waals surface area contributed by atoms with E-state index in [-0.39, 0.29) is 5.91 Å². The molecule has 24 heavy (non-hydrogen) atoms. The number of nitrogens with one attached hydrogen (secondary N) is 1. The molecular formula is C16H15N5O3. The number of anilines is 1. The maximum atomic E-state index is 12.5. The Bertz CT molecular complexity index is 849. The Morgan fingerprint density at radius 1 is 1.17 bits per heavy atom. The van der Waals surface area contributed by atoms with Crippen LogP contribution in [0.15, 0.2) is 49.1 Å². The first kappa shape index (κ1) is 15.5. The Kier molecular flexibility index (Phi) is 4.37. The molecule has 1 N–H and O–H groups in total. The van der Waals surface area contributed by atoms with Crippen LogP contribution in [0.1, 0.15) is 10.4 Å². The molecule has 0 fully saturated rings. The molecule has 3 aromatic rings. The van der Waals surface area contributed by atoms with Gasteiger partial charge in [-0.25, -0.2) is 14.6 Å². The van der Waals surface area contributed by atoms with Crippen LogP contribution in [-0.2, 0) is 0 Å². The average molecular weight is 325 g/mol. The van der Waals surface area contributed by atoms with E-state index in [4.69, 9.17) is 9.47 Å². The molecule has 3 rings (SSSR count). The van der Waals surface area contributed by atoms with Crippen molar-refractivity contribution in [2.45, 2.75) is 0 Å². The highest BCUT2D eigenvalue weighted by Crippen LogP contribution is 2.31. The largest absolute Gasteiger partial charge is 0.493 e. The fraction of sp³-hybridized carbons (Fsp3) is 0.125. The van der Waals surface area contributed by atoms with Gasteiger partial charge >= 0.3 is 0 Å². The zero-order valence-corrected chi connectivity index (χ0v) is 13.1. The van der Waals surface area contributed by atoms with Crippen molar-refractivity contribution in [1.82, 2.24) is 19.7 Å². The number of carbonyl (C=O) groups excluding carboxylic acids is 1. The van der Waals surface area contributed by atoms with E-state index in [1.807, 2.05) is 0 Å². The molecule has 0 saturated heterocycles. The van der Waals surface area contributed by atoms with Crippen LogP contribution in [0.4, 0.5) is 5.82 Å². The molecule has 0 bridgehead atoms. The van der Waals surface area contributed by atoms with Crippen molar-refractivity contribution in [3.63, 3.8) is 0 Å². The molecule has 1 amide bonds. The first-order chi connectivity index (χ1) is 11.7. The van der Waals surface area contributed by atoms with Gasteiger partial charge in [-0.3, -0.25) is 4.79 Å². The van der Waals surface area contributed by atoms with Crippen molar-refractivity contribution in [1.29, 1.82) is 0 Å². The molecule has 0 atom stereocenters. The van der Waals surface area contributed by atoms with Gasteiger partial charge in [-0.2, -0.15) is 5.10 Å². The van der Waals surface area contributed by atoms with Gasteiger partial charge in [0.25, 0.3) is 5.91 Å². The SMILES string of the molecule is COc1cccc(C(=O)Nc2cc(-n3cccn3)ncn2)c1OC. The third-order valence-electron chi connectivity index (χ3n) is 3.28. The number of carbonyl (C=O) groups is 1. The lowest BCUT2D eigenvalue weighted by atomic mass is 10.1. The van der Waals surface area contributed by atoms with Crippen molar-refractivity contribution >= 4 is 11.7 Å². The van der Waals surface area contributed by atoms with Gasteiger partial charge in [0.05, 0.1) is 19.8 Å². The monoisotopic (exact) mass is 325 g/mol. The lowest BCUT2D eigenvalue weighted by Crippen LogP contribution is -2.15. The normalized spacial score (nSPS) is 10.2. The molecule has 1 aromatic carbocycles. The van der Waals surface area contributed by atoms with Gasteiger partial charge in [-0.1, -0.05) is 6.07 Å². The van der Waals surface area contributed by atoms with Crippen LogP contribution in [0.3, 0.4) is 0 Å². The summed E-state index contributed by atoms with van der Waals surface area (Å²) in [4.78, 5) is 20.7. The van der Waals surface area contributed by atoms with Crippen LogP contribution in [-0.4, -0.2) is 39.9 Å². The van der Waals surface area contributed by atoms with Crippen LogP contribution in [0.25, 0.3) is 5.82 Å². The zero-order valence-electron chi connectivity index (χ0n) is 13.1. The Balaban J connectivity index is 1.87. The summed E-state index contributed by atoms with van der Waals surface area (Å²) in [7, 11) is 3.00. The minimum absolute atomic E-state index is 0.344. The lowest BCUT2D eigenvalue weighted by Gasteiger charge is -2.12. The van der Waals surface area contributed by atoms with E-state index in [2.05, 4.69) is 20.4 Å². The highest BCUT2D eigenvalue weighted by molar-refractivity contribution is 6.06. The molecule has 8 heteroatoms. The molecule has 8 nitrogen and oxygen atoms in total. The molecule has 122 valence electrons. The Hall–Kier alpha value is -3.42. The summed E-state index contributed by atoms with van der Waals surface area (Å²) in [6, 6.07) is 8.48. The Morgan fingerprint density at radius 2 is 2.04 bits per heavy atom. The number of methoxy groups -OCH3 is 2. The highest BCUT2D eigenvalue weighted by atomic mass is 16.5. The maximum absolute atomic E-state index is 12.5. The van der Waals surface area contributed by atoms with Crippen molar-refractivity contribution in [2.75, 3.05) is 19.5 Å². The number of hydrogen-bond donors (Lipinski definition) is 1. The smallest absolute Gasteiger partial charge is 0.260 e. The number of amides is 1. The Morgan fingerprint density at radius 3 is 2.75 bits per heavy atom. The van der Waals surface area contributed by atoms with Crippen molar-refractivity contribution < 1.29 is 14.3 Å². The van der Waals surface area contributed by atoms with Gasteiger partial charge in [-0.05, 0) is 18.2 Å². The number of nitrogens with zero attached hydrogens (tertiary/aromatic N) is 4. The topological polar surface area (TPSA) is 91.2 Å². The highest BCUT2D eigenvalue weighted by Gasteiger charge is 2.17. The molecule has 0 aliphatic carbocycles. The number of rotatable bonds is 5. The van der Waals surface area contributed by atoms with Gasteiger partial charge in [0.15, 0.2) is 17.3 Å². The molecule has 2 heterocycles. The van der Waals surface area contributed by atoms with E-state index in [9.17, 15) is 4.79 Å². The van der Waals surface area contributed by atoms with E-state index in [1.165, 1.54) is 20.5 Å². The van der Waals surface area contributed by atoms with Crippen LogP contribution in [0.5, 0.6) is 11.5 Å². The molecule has 0 aliphatic rings. The van der Waals surface area contributed by atoms with E-state index < -0.39 is 0 Å². The van der Waals surface area contributed by atoms with E-state index in [0.29, 0.717) is 28.7 Å². The number of hydrogen-bond acceptors (Lipinski definition) is 6. The number of benzene rings is 1. The maximum Gasteiger partial charge on any atom is 0.260 e. The van der Waals surface area contributed by atoms with Crippen LogP contribution < -0.4 is 14.8 Å². The molecule has 0 saturated carbocycles. The summed E-state index contributed by atoms with van der Waals surface area (Å²) in [5.74, 6) is 1.37. The standard InChI is InChI=1S/C16H15N5O3/c1-23-12-6-3-5-11(15(12)24-2)16(22)20-13-9-14(18-10-17-13)21-8-4-7-19-21/h3-10H,1-2H3,(H,17,18,20,22). The van der Waals surface area contributed by atoms with Crippen LogP contribution >= 0.6 is 0 Å². The third-order valence-corrected chi connectivity index (χ3v) is 3.28. The second-order valence-corrected chi connectivity index (χ2v) is 4.71. The second kappa shape index (κ2) is 6.78. The minimum atomic E-state index is -0.365. The minimum Gasteiger partial charge on any atom is -0.493 e. The first-order valence-corrected chi connectivity index (χ1v) is 7.07. The van der Waals surface area contributed by atoms with E-state index in [1.54, 1.807) is 47.4 Å². The van der Waals surface area contributed by atoms with Crippen molar-refractivity contribution in [3.05, 3.63) is 54.6 Å². The number of aromatic nitrogens is 4. The van der Waals surface area contributed by atoms with Gasteiger partial charge in [0.1, 0.15) is 12.1 Å². The van der Waals surface area contributed by atoms with E-state index in [0.717, 1.165) is 0 Å². The zero-order chi connectivity index (χ0) is 16.9. The predicted molar refractivity (Wildman–Crippen MR) is 86.7 cm³/mol. The fourth-order valence-electron chi connectivity index (χ4n) is 2.19. The summed E-state index contributed by atoms with van der Waals surface area (Å²) in [5.41, 5.74) is 0.344. The van der Waals surface area contributed by atoms with Gasteiger partial charge in [0.2, 0.25) is 0 Å². The van der Waals surface area contributed by atoms with Crippen molar-refractivity contribution in [3.8, 4) is 17.3 Å². The summed E-state index contributed by atoms with van der Waals surface area (Å²) in [5, 5.41) is 6.81.